The van der Waals surface area contributed by atoms with Gasteiger partial charge in [-0.15, -0.1) is 0 Å². The lowest BCUT2D eigenvalue weighted by atomic mass is 10.3. The Bertz CT molecular complexity index is 46.3. The van der Waals surface area contributed by atoms with Crippen LogP contribution in [0, 0.1) is 0 Å². The van der Waals surface area contributed by atoms with Gasteiger partial charge in [0.1, 0.15) is 0 Å². The van der Waals surface area contributed by atoms with Crippen molar-refractivity contribution < 1.29 is 5.11 Å². The summed E-state index contributed by atoms with van der Waals surface area (Å²) in [5, 5.41) is 8.38. The molecule has 3 N–H and O–H groups in total. The molecule has 0 aromatic carbocycles. The van der Waals surface area contributed by atoms with Crippen molar-refractivity contribution in [2.24, 2.45) is 5.73 Å². The fourth-order valence-electron chi connectivity index (χ4n) is 0.515. The monoisotopic (exact) mass is 149 g/mol. The van der Waals surface area contributed by atoms with E-state index in [0.29, 0.717) is 6.61 Å². The molecule has 56 valence electrons. The van der Waals surface area contributed by atoms with E-state index in [2.05, 4.69) is 0 Å². The molecule has 0 aliphatic rings. The fourth-order valence-corrected chi connectivity index (χ4v) is 1.26. The number of hydrogen-bond donors (Lipinski definition) is 2. The second kappa shape index (κ2) is 8.27. The van der Waals surface area contributed by atoms with E-state index in [0.717, 1.165) is 24.5 Å². The third-order valence-electron chi connectivity index (χ3n) is 0.978. The van der Waals surface area contributed by atoms with Gasteiger partial charge >= 0.3 is 0 Å². The molecule has 0 amide bonds. The number of nitrogens with two attached hydrogens (primary N) is 1. The van der Waals surface area contributed by atoms with E-state index in [4.69, 9.17) is 10.8 Å². The van der Waals surface area contributed by atoms with Crippen LogP contribution in [0.5, 0.6) is 0 Å². The van der Waals surface area contributed by atoms with Crippen LogP contribution in [0.25, 0.3) is 0 Å². The summed E-state index contributed by atoms with van der Waals surface area (Å²) >= 11 is 1.79. The van der Waals surface area contributed by atoms with Gasteiger partial charge in [0.2, 0.25) is 0 Å². The highest BCUT2D eigenvalue weighted by molar-refractivity contribution is 7.99. The summed E-state index contributed by atoms with van der Waals surface area (Å²) in [5.74, 6) is 2.00. The Morgan fingerprint density at radius 2 is 2.00 bits per heavy atom. The lowest BCUT2D eigenvalue weighted by Gasteiger charge is -1.96. The topological polar surface area (TPSA) is 46.2 Å². The maximum atomic E-state index is 8.38. The molecule has 2 nitrogen and oxygen atoms in total. The highest BCUT2D eigenvalue weighted by Gasteiger charge is 1.86. The summed E-state index contributed by atoms with van der Waals surface area (Å²) in [6, 6.07) is 0. The van der Waals surface area contributed by atoms with E-state index < -0.39 is 0 Å². The highest BCUT2D eigenvalue weighted by Crippen LogP contribution is 2.01. The van der Waals surface area contributed by atoms with Gasteiger partial charge in [0.05, 0.1) is 6.61 Å². The molecule has 0 heterocycles. The summed E-state index contributed by atoms with van der Waals surface area (Å²) in [6.45, 7) is 1.09. The van der Waals surface area contributed by atoms with Crippen LogP contribution in [-0.4, -0.2) is 29.8 Å². The molecule has 0 atom stereocenters. The van der Waals surface area contributed by atoms with Crippen molar-refractivity contribution >= 4 is 11.8 Å². The maximum absolute atomic E-state index is 8.38. The second-order valence-electron chi connectivity index (χ2n) is 1.83. The molecule has 0 aromatic rings. The van der Waals surface area contributed by atoms with Crippen molar-refractivity contribution in [3.05, 3.63) is 0 Å². The van der Waals surface area contributed by atoms with Crippen LogP contribution in [0.3, 0.4) is 0 Å². The lowest BCUT2D eigenvalue weighted by Crippen LogP contribution is -1.99. The number of unbranched alkanes of at least 4 members (excludes halogenated alkanes) is 1. The van der Waals surface area contributed by atoms with Gasteiger partial charge in [0, 0.05) is 5.75 Å². The van der Waals surface area contributed by atoms with Crippen molar-refractivity contribution in [3.8, 4) is 0 Å². The molecule has 0 aromatic heterocycles. The SMILES string of the molecule is NCCCCSCCO. The summed E-state index contributed by atoms with van der Waals surface area (Å²) in [7, 11) is 0. The molecule has 0 bridgehead atoms. The lowest BCUT2D eigenvalue weighted by molar-refractivity contribution is 0.322. The van der Waals surface area contributed by atoms with Crippen molar-refractivity contribution in [1.82, 2.24) is 0 Å². The molecule has 0 aliphatic carbocycles. The zero-order valence-corrected chi connectivity index (χ0v) is 6.49. The smallest absolute Gasteiger partial charge is 0.0521 e. The number of aliphatic hydroxyl groups excluding tert-OH is 1. The zero-order valence-electron chi connectivity index (χ0n) is 5.68. The highest BCUT2D eigenvalue weighted by atomic mass is 32.2. The molecular weight excluding hydrogens is 134 g/mol. The normalized spacial score (nSPS) is 10.0. The van der Waals surface area contributed by atoms with Crippen LogP contribution in [0.4, 0.5) is 0 Å². The first kappa shape index (κ1) is 9.27. The minimum Gasteiger partial charge on any atom is -0.396 e. The van der Waals surface area contributed by atoms with Gasteiger partial charge in [-0.1, -0.05) is 0 Å². The molecule has 0 radical (unpaired) electrons. The molecule has 9 heavy (non-hydrogen) atoms. The molecule has 0 unspecified atom stereocenters. The largest absolute Gasteiger partial charge is 0.396 e. The number of aliphatic hydroxyl groups is 1. The van der Waals surface area contributed by atoms with Gasteiger partial charge in [-0.05, 0) is 25.1 Å². The van der Waals surface area contributed by atoms with Gasteiger partial charge in [-0.25, -0.2) is 0 Å². The van der Waals surface area contributed by atoms with Crippen LogP contribution in [0.15, 0.2) is 0 Å². The standard InChI is InChI=1S/C6H15NOS/c7-3-1-2-5-9-6-4-8/h8H,1-7H2. The number of rotatable bonds is 6. The van der Waals surface area contributed by atoms with Crippen molar-refractivity contribution in [2.75, 3.05) is 24.7 Å². The number of thioether (sulfide) groups is 1. The van der Waals surface area contributed by atoms with Crippen LogP contribution >= 0.6 is 11.8 Å². The Balaban J connectivity index is 2.60. The average molecular weight is 149 g/mol. The Labute approximate surface area is 60.8 Å². The van der Waals surface area contributed by atoms with Crippen molar-refractivity contribution in [2.45, 2.75) is 12.8 Å². The Kier molecular flexibility index (Phi) is 8.52. The summed E-state index contributed by atoms with van der Waals surface area (Å²) in [5.41, 5.74) is 5.28. The summed E-state index contributed by atoms with van der Waals surface area (Å²) in [6.07, 6.45) is 2.29. The van der Waals surface area contributed by atoms with Crippen LogP contribution in [0.2, 0.25) is 0 Å². The molecular formula is C6H15NOS. The van der Waals surface area contributed by atoms with Crippen LogP contribution in [-0.2, 0) is 0 Å². The molecule has 0 saturated heterocycles. The number of hydrogen-bond acceptors (Lipinski definition) is 3. The van der Waals surface area contributed by atoms with Gasteiger partial charge in [0.25, 0.3) is 0 Å². The van der Waals surface area contributed by atoms with Gasteiger partial charge in [-0.3, -0.25) is 0 Å². The van der Waals surface area contributed by atoms with Gasteiger partial charge in [-0.2, -0.15) is 11.8 Å². The van der Waals surface area contributed by atoms with E-state index in [1.165, 1.54) is 6.42 Å². The molecule has 0 spiro atoms. The van der Waals surface area contributed by atoms with E-state index in [1.54, 1.807) is 11.8 Å². The summed E-state index contributed by atoms with van der Waals surface area (Å²) in [4.78, 5) is 0. The average Bonchev–Trinajstić information content (AvgIpc) is 1.89. The van der Waals surface area contributed by atoms with Gasteiger partial charge in [0.15, 0.2) is 0 Å². The Morgan fingerprint density at radius 3 is 2.56 bits per heavy atom. The first-order valence-corrected chi connectivity index (χ1v) is 4.46. The zero-order chi connectivity index (χ0) is 6.95. The van der Waals surface area contributed by atoms with Crippen molar-refractivity contribution in [1.29, 1.82) is 0 Å². The molecule has 0 rings (SSSR count). The molecule has 0 aliphatic heterocycles. The Hall–Kier alpha value is 0.270. The first-order chi connectivity index (χ1) is 4.41. The minimum atomic E-state index is 0.299. The summed E-state index contributed by atoms with van der Waals surface area (Å²) < 4.78 is 0. The Morgan fingerprint density at radius 1 is 1.22 bits per heavy atom. The minimum absolute atomic E-state index is 0.299. The van der Waals surface area contributed by atoms with E-state index in [1.807, 2.05) is 0 Å². The third kappa shape index (κ3) is 8.27. The fraction of sp³-hybridized carbons (Fsp3) is 1.00. The first-order valence-electron chi connectivity index (χ1n) is 3.30. The molecule has 0 saturated carbocycles. The quantitative estimate of drug-likeness (QED) is 0.539. The molecule has 0 fully saturated rings. The van der Waals surface area contributed by atoms with Crippen LogP contribution in [0.1, 0.15) is 12.8 Å². The van der Waals surface area contributed by atoms with E-state index in [9.17, 15) is 0 Å². The predicted octanol–water partition coefficient (Wildman–Crippen LogP) is 0.451. The van der Waals surface area contributed by atoms with E-state index >= 15 is 0 Å². The van der Waals surface area contributed by atoms with Crippen molar-refractivity contribution in [3.63, 3.8) is 0 Å². The third-order valence-corrected chi connectivity index (χ3v) is 2.03. The van der Waals surface area contributed by atoms with E-state index in [-0.39, 0.29) is 0 Å². The van der Waals surface area contributed by atoms with Crippen LogP contribution < -0.4 is 5.73 Å². The van der Waals surface area contributed by atoms with Gasteiger partial charge < -0.3 is 10.8 Å². The second-order valence-corrected chi connectivity index (χ2v) is 3.06. The maximum Gasteiger partial charge on any atom is 0.0521 e. The molecule has 3 heteroatoms. The predicted molar refractivity (Wildman–Crippen MR) is 42.7 cm³/mol.